The summed E-state index contributed by atoms with van der Waals surface area (Å²) in [4.78, 5) is 24.3. The van der Waals surface area contributed by atoms with Crippen LogP contribution in [-0.2, 0) is 16.1 Å². The number of esters is 1. The molecule has 1 aromatic heterocycles. The van der Waals surface area contributed by atoms with Crippen LogP contribution in [0.2, 0.25) is 5.15 Å². The maximum atomic E-state index is 12.3. The summed E-state index contributed by atoms with van der Waals surface area (Å²) in [5, 5.41) is 4.84. The van der Waals surface area contributed by atoms with E-state index in [1.807, 2.05) is 6.92 Å². The second kappa shape index (κ2) is 10.1. The number of benzene rings is 1. The van der Waals surface area contributed by atoms with Gasteiger partial charge in [-0.05, 0) is 37.1 Å². The summed E-state index contributed by atoms with van der Waals surface area (Å²) in [5.74, 6) is 0.316. The van der Waals surface area contributed by atoms with E-state index < -0.39 is 12.6 Å². The largest absolute Gasteiger partial charge is 0.493 e. The Balaban J connectivity index is 2.00. The number of aromatic nitrogens is 2. The Kier molecular flexibility index (Phi) is 7.84. The lowest BCUT2D eigenvalue weighted by atomic mass is 10.1. The molecule has 0 unspecified atom stereocenters. The van der Waals surface area contributed by atoms with Crippen LogP contribution in [0, 0.1) is 12.8 Å². The van der Waals surface area contributed by atoms with Gasteiger partial charge in [-0.25, -0.2) is 4.79 Å². The minimum absolute atomic E-state index is 0.355. The molecule has 2 rings (SSSR count). The number of carbonyl (C=O) groups excluding carboxylic acids is 2. The van der Waals surface area contributed by atoms with Gasteiger partial charge in [0.25, 0.3) is 0 Å². The monoisotopic (exact) mass is 420 g/mol. The molecular formula is C21H25ClN2O5. The zero-order valence-electron chi connectivity index (χ0n) is 17.2. The van der Waals surface area contributed by atoms with Crippen LogP contribution in [0.3, 0.4) is 0 Å². The first-order valence-corrected chi connectivity index (χ1v) is 9.47. The molecule has 0 aliphatic heterocycles. The average Bonchev–Trinajstić information content (AvgIpc) is 2.95. The number of ketones is 1. The van der Waals surface area contributed by atoms with E-state index in [2.05, 4.69) is 18.9 Å². The van der Waals surface area contributed by atoms with Gasteiger partial charge in [0.15, 0.2) is 23.9 Å². The highest BCUT2D eigenvalue weighted by Gasteiger charge is 2.14. The van der Waals surface area contributed by atoms with E-state index in [-0.39, 0.29) is 5.78 Å². The molecule has 0 saturated carbocycles. The SMILES string of the molecule is COc1ccc(C(=O)COC(=O)/C=C/c2c(C)nn(CC(C)C)c2Cl)cc1OC. The van der Waals surface area contributed by atoms with Gasteiger partial charge in [0, 0.05) is 23.7 Å². The highest BCUT2D eigenvalue weighted by Crippen LogP contribution is 2.27. The molecule has 0 fully saturated rings. The third-order valence-electron chi connectivity index (χ3n) is 4.08. The Morgan fingerprint density at radius 1 is 1.21 bits per heavy atom. The van der Waals surface area contributed by atoms with E-state index in [9.17, 15) is 9.59 Å². The Labute approximate surface area is 175 Å². The fourth-order valence-corrected chi connectivity index (χ4v) is 2.96. The van der Waals surface area contributed by atoms with Crippen molar-refractivity contribution in [1.29, 1.82) is 0 Å². The van der Waals surface area contributed by atoms with Crippen LogP contribution >= 0.6 is 11.6 Å². The van der Waals surface area contributed by atoms with Gasteiger partial charge in [0.1, 0.15) is 5.15 Å². The Bertz CT molecular complexity index is 918. The molecule has 0 spiro atoms. The second-order valence-corrected chi connectivity index (χ2v) is 7.16. The second-order valence-electron chi connectivity index (χ2n) is 6.80. The third-order valence-corrected chi connectivity index (χ3v) is 4.48. The molecule has 0 saturated heterocycles. The average molecular weight is 421 g/mol. The van der Waals surface area contributed by atoms with Crippen LogP contribution in [0.1, 0.15) is 35.5 Å². The van der Waals surface area contributed by atoms with Crippen LogP contribution in [-0.4, -0.2) is 42.4 Å². The van der Waals surface area contributed by atoms with Gasteiger partial charge in [-0.2, -0.15) is 5.10 Å². The summed E-state index contributed by atoms with van der Waals surface area (Å²) in [7, 11) is 2.99. The molecular weight excluding hydrogens is 396 g/mol. The fraction of sp³-hybridized carbons (Fsp3) is 0.381. The zero-order valence-corrected chi connectivity index (χ0v) is 17.9. The maximum absolute atomic E-state index is 12.3. The number of nitrogens with zero attached hydrogens (tertiary/aromatic N) is 2. The van der Waals surface area contributed by atoms with Gasteiger partial charge in [-0.1, -0.05) is 25.4 Å². The van der Waals surface area contributed by atoms with E-state index in [0.29, 0.717) is 45.9 Å². The number of halogens is 1. The Morgan fingerprint density at radius 3 is 2.52 bits per heavy atom. The van der Waals surface area contributed by atoms with Gasteiger partial charge >= 0.3 is 5.97 Å². The molecule has 0 amide bonds. The number of methoxy groups -OCH3 is 2. The van der Waals surface area contributed by atoms with Crippen molar-refractivity contribution in [3.8, 4) is 11.5 Å². The lowest BCUT2D eigenvalue weighted by molar-refractivity contribution is -0.136. The number of Topliss-reactive ketones (excluding diaryl/α,β-unsaturated/α-hetero) is 1. The van der Waals surface area contributed by atoms with Crippen LogP contribution in [0.25, 0.3) is 6.08 Å². The third kappa shape index (κ3) is 5.84. The van der Waals surface area contributed by atoms with Crippen molar-refractivity contribution in [1.82, 2.24) is 9.78 Å². The normalized spacial score (nSPS) is 11.1. The molecule has 1 aromatic carbocycles. The molecule has 0 bridgehead atoms. The van der Waals surface area contributed by atoms with E-state index in [1.165, 1.54) is 26.4 Å². The number of hydrogen-bond acceptors (Lipinski definition) is 6. The van der Waals surface area contributed by atoms with Crippen molar-refractivity contribution >= 4 is 29.4 Å². The Morgan fingerprint density at radius 2 is 1.90 bits per heavy atom. The smallest absolute Gasteiger partial charge is 0.331 e. The minimum atomic E-state index is -0.647. The molecule has 2 aromatic rings. The predicted molar refractivity (Wildman–Crippen MR) is 111 cm³/mol. The predicted octanol–water partition coefficient (Wildman–Crippen LogP) is 3.96. The van der Waals surface area contributed by atoms with Crippen molar-refractivity contribution < 1.29 is 23.8 Å². The van der Waals surface area contributed by atoms with E-state index in [0.717, 1.165) is 0 Å². The van der Waals surface area contributed by atoms with Crippen LogP contribution in [0.4, 0.5) is 0 Å². The van der Waals surface area contributed by atoms with Gasteiger partial charge in [-0.3, -0.25) is 9.48 Å². The standard InChI is InChI=1S/C21H25ClN2O5/c1-13(2)11-24-21(22)16(14(3)23-24)7-9-20(26)29-12-17(25)15-6-8-18(27-4)19(10-15)28-5/h6-10,13H,11-12H2,1-5H3/b9-7+. The van der Waals surface area contributed by atoms with Gasteiger partial charge < -0.3 is 14.2 Å². The minimum Gasteiger partial charge on any atom is -0.493 e. The van der Waals surface area contributed by atoms with Crippen LogP contribution in [0.5, 0.6) is 11.5 Å². The lowest BCUT2D eigenvalue weighted by Gasteiger charge is -2.09. The first-order chi connectivity index (χ1) is 13.8. The molecule has 7 nitrogen and oxygen atoms in total. The summed E-state index contributed by atoms with van der Waals surface area (Å²) in [6, 6.07) is 4.74. The van der Waals surface area contributed by atoms with Crippen molar-refractivity contribution in [2.75, 3.05) is 20.8 Å². The molecule has 0 N–H and O–H groups in total. The van der Waals surface area contributed by atoms with Gasteiger partial charge in [-0.15, -0.1) is 0 Å². The molecule has 1 heterocycles. The summed E-state index contributed by atoms with van der Waals surface area (Å²) in [6.07, 6.45) is 2.78. The molecule has 156 valence electrons. The molecule has 0 atom stereocenters. The molecule has 29 heavy (non-hydrogen) atoms. The Hall–Kier alpha value is -2.80. The van der Waals surface area contributed by atoms with Crippen molar-refractivity contribution in [2.24, 2.45) is 5.92 Å². The lowest BCUT2D eigenvalue weighted by Crippen LogP contribution is -2.12. The quantitative estimate of drug-likeness (QED) is 0.347. The molecule has 0 aliphatic carbocycles. The van der Waals surface area contributed by atoms with Crippen molar-refractivity contribution in [3.05, 3.63) is 46.2 Å². The summed E-state index contributed by atoms with van der Waals surface area (Å²) in [6.45, 7) is 6.23. The molecule has 8 heteroatoms. The summed E-state index contributed by atoms with van der Waals surface area (Å²) < 4.78 is 17.1. The van der Waals surface area contributed by atoms with E-state index >= 15 is 0 Å². The van der Waals surface area contributed by atoms with Crippen LogP contribution < -0.4 is 9.47 Å². The van der Waals surface area contributed by atoms with Crippen molar-refractivity contribution in [3.63, 3.8) is 0 Å². The van der Waals surface area contributed by atoms with E-state index in [4.69, 9.17) is 25.8 Å². The van der Waals surface area contributed by atoms with E-state index in [1.54, 1.807) is 22.9 Å². The number of carbonyl (C=O) groups is 2. The van der Waals surface area contributed by atoms with Crippen LogP contribution in [0.15, 0.2) is 24.3 Å². The number of rotatable bonds is 9. The van der Waals surface area contributed by atoms with Gasteiger partial charge in [0.2, 0.25) is 0 Å². The summed E-state index contributed by atoms with van der Waals surface area (Å²) >= 11 is 6.34. The first kappa shape index (κ1) is 22.5. The zero-order chi connectivity index (χ0) is 21.6. The van der Waals surface area contributed by atoms with Crippen molar-refractivity contribution in [2.45, 2.75) is 27.3 Å². The number of hydrogen-bond donors (Lipinski definition) is 0. The first-order valence-electron chi connectivity index (χ1n) is 9.09. The fourth-order valence-electron chi connectivity index (χ4n) is 2.65. The summed E-state index contributed by atoms with van der Waals surface area (Å²) in [5.41, 5.74) is 1.71. The maximum Gasteiger partial charge on any atom is 0.331 e. The molecule has 0 radical (unpaired) electrons. The highest BCUT2D eigenvalue weighted by atomic mass is 35.5. The topological polar surface area (TPSA) is 79.7 Å². The number of ether oxygens (including phenoxy) is 3. The van der Waals surface area contributed by atoms with Gasteiger partial charge in [0.05, 0.1) is 19.9 Å². The number of aryl methyl sites for hydroxylation is 1. The molecule has 0 aliphatic rings. The highest BCUT2D eigenvalue weighted by molar-refractivity contribution is 6.31.